The second-order valence-corrected chi connectivity index (χ2v) is 4.10. The molecule has 0 spiro atoms. The van der Waals surface area contributed by atoms with E-state index in [0.717, 1.165) is 37.7 Å². The number of alkyl halides is 1. The molecule has 1 fully saturated rings. The Hall–Kier alpha value is -0.870. The lowest BCUT2D eigenvalue weighted by Crippen LogP contribution is -2.45. The molecule has 1 saturated heterocycles. The van der Waals surface area contributed by atoms with Crippen LogP contribution < -0.4 is 4.90 Å². The summed E-state index contributed by atoms with van der Waals surface area (Å²) in [5, 5.41) is 0. The van der Waals surface area contributed by atoms with Gasteiger partial charge in [0.05, 0.1) is 37.0 Å². The molecular formula is C11H16ClN3O. The third-order valence-corrected chi connectivity index (χ3v) is 3.08. The van der Waals surface area contributed by atoms with Crippen LogP contribution in [0, 0.1) is 0 Å². The molecule has 2 heterocycles. The highest BCUT2D eigenvalue weighted by molar-refractivity contribution is 6.16. The van der Waals surface area contributed by atoms with E-state index in [1.807, 2.05) is 0 Å². The van der Waals surface area contributed by atoms with Crippen LogP contribution in [0.15, 0.2) is 12.4 Å². The minimum Gasteiger partial charge on any atom is -0.377 e. The summed E-state index contributed by atoms with van der Waals surface area (Å²) in [6, 6.07) is 0.397. The molecule has 0 N–H and O–H groups in total. The molecular weight excluding hydrogens is 226 g/mol. The van der Waals surface area contributed by atoms with Crippen molar-refractivity contribution in [3.8, 4) is 0 Å². The van der Waals surface area contributed by atoms with Gasteiger partial charge in [-0.05, 0) is 6.42 Å². The van der Waals surface area contributed by atoms with Gasteiger partial charge in [-0.15, -0.1) is 11.6 Å². The van der Waals surface area contributed by atoms with Crippen LogP contribution in [0.3, 0.4) is 0 Å². The van der Waals surface area contributed by atoms with Crippen LogP contribution in [0.4, 0.5) is 5.82 Å². The monoisotopic (exact) mass is 241 g/mol. The van der Waals surface area contributed by atoms with Crippen molar-refractivity contribution >= 4 is 17.4 Å². The lowest BCUT2D eigenvalue weighted by atomic mass is 10.2. The summed E-state index contributed by atoms with van der Waals surface area (Å²) >= 11 is 5.76. The van der Waals surface area contributed by atoms with E-state index in [4.69, 9.17) is 16.3 Å². The number of ether oxygens (including phenoxy) is 1. The lowest BCUT2D eigenvalue weighted by Gasteiger charge is -2.35. The smallest absolute Gasteiger partial charge is 0.147 e. The summed E-state index contributed by atoms with van der Waals surface area (Å²) < 4.78 is 5.47. The molecule has 16 heavy (non-hydrogen) atoms. The summed E-state index contributed by atoms with van der Waals surface area (Å²) in [5.74, 6) is 1.32. The highest BCUT2D eigenvalue weighted by Gasteiger charge is 2.22. The van der Waals surface area contributed by atoms with Crippen molar-refractivity contribution in [2.45, 2.75) is 25.3 Å². The summed E-state index contributed by atoms with van der Waals surface area (Å²) in [5.41, 5.74) is 0.820. The Morgan fingerprint density at radius 1 is 1.56 bits per heavy atom. The zero-order valence-corrected chi connectivity index (χ0v) is 10.2. The van der Waals surface area contributed by atoms with Gasteiger partial charge in [-0.25, -0.2) is 4.98 Å². The highest BCUT2D eigenvalue weighted by Crippen LogP contribution is 2.18. The quantitative estimate of drug-likeness (QED) is 0.757. The second kappa shape index (κ2) is 5.46. The molecule has 88 valence electrons. The molecule has 4 nitrogen and oxygen atoms in total. The van der Waals surface area contributed by atoms with E-state index >= 15 is 0 Å². The van der Waals surface area contributed by atoms with Crippen molar-refractivity contribution in [2.75, 3.05) is 24.7 Å². The Labute approximate surface area is 101 Å². The fourth-order valence-corrected chi connectivity index (χ4v) is 2.02. The van der Waals surface area contributed by atoms with Gasteiger partial charge in [0, 0.05) is 12.7 Å². The number of morpholine rings is 1. The van der Waals surface area contributed by atoms with Gasteiger partial charge in [0.25, 0.3) is 0 Å². The molecule has 1 aromatic rings. The second-order valence-electron chi connectivity index (χ2n) is 3.83. The third-order valence-electron chi connectivity index (χ3n) is 2.80. The minimum atomic E-state index is 0.397. The predicted molar refractivity (Wildman–Crippen MR) is 63.8 cm³/mol. The third kappa shape index (κ3) is 2.44. The normalized spacial score (nSPS) is 21.1. The van der Waals surface area contributed by atoms with Crippen LogP contribution in [-0.4, -0.2) is 35.8 Å². The largest absolute Gasteiger partial charge is 0.377 e. The first-order chi connectivity index (χ1) is 7.85. The average Bonchev–Trinajstić information content (AvgIpc) is 2.38. The van der Waals surface area contributed by atoms with Crippen LogP contribution in [0.5, 0.6) is 0 Å². The Bertz CT molecular complexity index is 348. The van der Waals surface area contributed by atoms with Gasteiger partial charge in [-0.1, -0.05) is 6.92 Å². The van der Waals surface area contributed by atoms with Gasteiger partial charge in [0.15, 0.2) is 0 Å². The molecule has 1 aliphatic heterocycles. The van der Waals surface area contributed by atoms with E-state index in [1.165, 1.54) is 0 Å². The Morgan fingerprint density at radius 2 is 2.44 bits per heavy atom. The fourth-order valence-electron chi connectivity index (χ4n) is 1.89. The standard InChI is InChI=1S/C11H16ClN3O/c1-2-10-8-16-4-3-15(10)11-7-13-6-9(5-12)14-11/h6-7,10H,2-5,8H2,1H3. The molecule has 0 radical (unpaired) electrons. The van der Waals surface area contributed by atoms with Gasteiger partial charge in [0.2, 0.25) is 0 Å². The first kappa shape index (κ1) is 11.6. The van der Waals surface area contributed by atoms with E-state index in [9.17, 15) is 0 Å². The van der Waals surface area contributed by atoms with Gasteiger partial charge in [-0.2, -0.15) is 0 Å². The topological polar surface area (TPSA) is 38.2 Å². The zero-order valence-electron chi connectivity index (χ0n) is 9.40. The first-order valence-corrected chi connectivity index (χ1v) is 6.10. The molecule has 2 rings (SSSR count). The van der Waals surface area contributed by atoms with Crippen molar-refractivity contribution in [2.24, 2.45) is 0 Å². The fraction of sp³-hybridized carbons (Fsp3) is 0.636. The van der Waals surface area contributed by atoms with Crippen molar-refractivity contribution in [3.63, 3.8) is 0 Å². The molecule has 1 unspecified atom stereocenters. The molecule has 0 aliphatic carbocycles. The molecule has 1 aromatic heterocycles. The summed E-state index contributed by atoms with van der Waals surface area (Å²) in [6.07, 6.45) is 4.55. The van der Waals surface area contributed by atoms with Crippen molar-refractivity contribution in [1.82, 2.24) is 9.97 Å². The minimum absolute atomic E-state index is 0.397. The summed E-state index contributed by atoms with van der Waals surface area (Å²) in [4.78, 5) is 10.9. The maximum Gasteiger partial charge on any atom is 0.147 e. The first-order valence-electron chi connectivity index (χ1n) is 5.56. The van der Waals surface area contributed by atoms with E-state index in [0.29, 0.717) is 11.9 Å². The molecule has 1 aliphatic rings. The zero-order chi connectivity index (χ0) is 11.4. The van der Waals surface area contributed by atoms with Crippen molar-refractivity contribution in [1.29, 1.82) is 0 Å². The van der Waals surface area contributed by atoms with Gasteiger partial charge >= 0.3 is 0 Å². The summed E-state index contributed by atoms with van der Waals surface area (Å²) in [7, 11) is 0. The number of rotatable bonds is 3. The maximum absolute atomic E-state index is 5.76. The van der Waals surface area contributed by atoms with E-state index in [1.54, 1.807) is 12.4 Å². The average molecular weight is 242 g/mol. The van der Waals surface area contributed by atoms with Crippen LogP contribution >= 0.6 is 11.6 Å². The molecule has 5 heteroatoms. The van der Waals surface area contributed by atoms with E-state index in [2.05, 4.69) is 21.8 Å². The van der Waals surface area contributed by atoms with Crippen molar-refractivity contribution < 1.29 is 4.74 Å². The Kier molecular flexibility index (Phi) is 3.96. The lowest BCUT2D eigenvalue weighted by molar-refractivity contribution is 0.0925. The number of halogens is 1. The molecule has 1 atom stereocenters. The maximum atomic E-state index is 5.76. The number of anilines is 1. The number of hydrogen-bond donors (Lipinski definition) is 0. The molecule has 0 saturated carbocycles. The molecule has 0 amide bonds. The van der Waals surface area contributed by atoms with Crippen LogP contribution in [0.1, 0.15) is 19.0 Å². The Morgan fingerprint density at radius 3 is 3.19 bits per heavy atom. The van der Waals surface area contributed by atoms with Gasteiger partial charge < -0.3 is 9.64 Å². The van der Waals surface area contributed by atoms with Gasteiger partial charge in [-0.3, -0.25) is 4.98 Å². The molecule has 0 bridgehead atoms. The van der Waals surface area contributed by atoms with E-state index < -0.39 is 0 Å². The number of hydrogen-bond acceptors (Lipinski definition) is 4. The van der Waals surface area contributed by atoms with Gasteiger partial charge in [0.1, 0.15) is 5.82 Å². The number of aromatic nitrogens is 2. The van der Waals surface area contributed by atoms with E-state index in [-0.39, 0.29) is 0 Å². The Balaban J connectivity index is 2.20. The van der Waals surface area contributed by atoms with Crippen LogP contribution in [0.25, 0.3) is 0 Å². The summed E-state index contributed by atoms with van der Waals surface area (Å²) in [6.45, 7) is 4.55. The van der Waals surface area contributed by atoms with Crippen molar-refractivity contribution in [3.05, 3.63) is 18.1 Å². The van der Waals surface area contributed by atoms with Crippen LogP contribution in [-0.2, 0) is 10.6 Å². The van der Waals surface area contributed by atoms with Crippen LogP contribution in [0.2, 0.25) is 0 Å². The highest BCUT2D eigenvalue weighted by atomic mass is 35.5. The SMILES string of the molecule is CCC1COCCN1c1cncc(CCl)n1. The molecule has 0 aromatic carbocycles. The number of nitrogens with zero attached hydrogens (tertiary/aromatic N) is 3. The predicted octanol–water partition coefficient (Wildman–Crippen LogP) is 1.83.